The first-order valence-electron chi connectivity index (χ1n) is 7.67. The van der Waals surface area contributed by atoms with E-state index in [1.807, 2.05) is 0 Å². The first-order chi connectivity index (χ1) is 11.7. The molecule has 0 bridgehead atoms. The van der Waals surface area contributed by atoms with Crippen LogP contribution in [0.1, 0.15) is 22.0 Å². The molecule has 126 valence electrons. The molecule has 2 N–H and O–H groups in total. The molecular weight excluding hydrogens is 310 g/mol. The van der Waals surface area contributed by atoms with E-state index in [4.69, 9.17) is 14.2 Å². The summed E-state index contributed by atoms with van der Waals surface area (Å²) >= 11 is 0. The smallest absolute Gasteiger partial charge is 0.251 e. The van der Waals surface area contributed by atoms with E-state index in [0.29, 0.717) is 41.6 Å². The molecule has 2 aromatic rings. The fourth-order valence-corrected chi connectivity index (χ4v) is 2.44. The van der Waals surface area contributed by atoms with Gasteiger partial charge in [0, 0.05) is 12.1 Å². The number of carbonyl (C=O) groups excluding carboxylic acids is 1. The molecule has 6 heteroatoms. The number of hydrogen-bond donors (Lipinski definition) is 2. The number of ether oxygens (including phenoxy) is 3. The van der Waals surface area contributed by atoms with Crippen LogP contribution in [-0.2, 0) is 0 Å². The van der Waals surface area contributed by atoms with Gasteiger partial charge in [-0.05, 0) is 35.9 Å². The third kappa shape index (κ3) is 3.60. The number of hydrogen-bond acceptors (Lipinski definition) is 5. The van der Waals surface area contributed by atoms with Crippen LogP contribution in [0.2, 0.25) is 0 Å². The fourth-order valence-electron chi connectivity index (χ4n) is 2.44. The second-order valence-electron chi connectivity index (χ2n) is 5.36. The van der Waals surface area contributed by atoms with Crippen molar-refractivity contribution in [2.24, 2.45) is 0 Å². The van der Waals surface area contributed by atoms with E-state index in [1.54, 1.807) is 49.6 Å². The maximum Gasteiger partial charge on any atom is 0.251 e. The highest BCUT2D eigenvalue weighted by Gasteiger charge is 2.16. The summed E-state index contributed by atoms with van der Waals surface area (Å²) < 4.78 is 16.0. The Morgan fingerprint density at radius 2 is 2.00 bits per heavy atom. The fraction of sp³-hybridized carbons (Fsp3) is 0.278. The molecule has 1 aliphatic heterocycles. The van der Waals surface area contributed by atoms with Crippen molar-refractivity contribution in [3.63, 3.8) is 0 Å². The Kier molecular flexibility index (Phi) is 4.86. The van der Waals surface area contributed by atoms with E-state index in [2.05, 4.69) is 5.32 Å². The molecule has 0 aliphatic carbocycles. The van der Waals surface area contributed by atoms with Gasteiger partial charge >= 0.3 is 0 Å². The van der Waals surface area contributed by atoms with Crippen LogP contribution < -0.4 is 19.5 Å². The lowest BCUT2D eigenvalue weighted by molar-refractivity contribution is 0.0915. The van der Waals surface area contributed by atoms with Gasteiger partial charge in [0.05, 0.1) is 13.2 Å². The minimum atomic E-state index is -0.838. The van der Waals surface area contributed by atoms with Crippen molar-refractivity contribution >= 4 is 5.91 Å². The number of rotatable bonds is 5. The zero-order valence-corrected chi connectivity index (χ0v) is 13.3. The van der Waals surface area contributed by atoms with Crippen molar-refractivity contribution < 1.29 is 24.1 Å². The minimum Gasteiger partial charge on any atom is -0.497 e. The number of benzene rings is 2. The molecule has 1 aliphatic rings. The van der Waals surface area contributed by atoms with Gasteiger partial charge in [-0.3, -0.25) is 4.79 Å². The predicted molar refractivity (Wildman–Crippen MR) is 87.7 cm³/mol. The summed E-state index contributed by atoms with van der Waals surface area (Å²) in [6.07, 6.45) is -0.838. The predicted octanol–water partition coefficient (Wildman–Crippen LogP) is 1.93. The Labute approximate surface area is 140 Å². The van der Waals surface area contributed by atoms with Crippen LogP contribution in [0.15, 0.2) is 42.5 Å². The van der Waals surface area contributed by atoms with Gasteiger partial charge in [-0.1, -0.05) is 12.1 Å². The molecule has 1 unspecified atom stereocenters. The number of fused-ring (bicyclic) bond motifs is 1. The second kappa shape index (κ2) is 7.23. The molecule has 3 rings (SSSR count). The summed E-state index contributed by atoms with van der Waals surface area (Å²) in [6.45, 7) is 1.10. The van der Waals surface area contributed by atoms with Gasteiger partial charge in [-0.2, -0.15) is 0 Å². The molecule has 1 amide bonds. The Bertz CT molecular complexity index is 731. The van der Waals surface area contributed by atoms with Crippen LogP contribution in [0.25, 0.3) is 0 Å². The molecule has 1 heterocycles. The van der Waals surface area contributed by atoms with E-state index >= 15 is 0 Å². The van der Waals surface area contributed by atoms with Gasteiger partial charge in [-0.15, -0.1) is 0 Å². The Morgan fingerprint density at radius 1 is 1.21 bits per heavy atom. The summed E-state index contributed by atoms with van der Waals surface area (Å²) in [4.78, 5) is 12.2. The Balaban J connectivity index is 1.62. The van der Waals surface area contributed by atoms with Gasteiger partial charge in [-0.25, -0.2) is 0 Å². The van der Waals surface area contributed by atoms with E-state index in [0.717, 1.165) is 0 Å². The number of methoxy groups -OCH3 is 1. The molecule has 2 aromatic carbocycles. The normalized spacial score (nSPS) is 13.9. The maximum atomic E-state index is 12.2. The van der Waals surface area contributed by atoms with Crippen LogP contribution >= 0.6 is 0 Å². The SMILES string of the molecule is COc1cccc(C(=O)NCC(O)c2ccc3c(c2)OCCO3)c1. The summed E-state index contributed by atoms with van der Waals surface area (Å²) in [6, 6.07) is 12.1. The lowest BCUT2D eigenvalue weighted by Gasteiger charge is -2.20. The van der Waals surface area contributed by atoms with Crippen molar-refractivity contribution in [2.75, 3.05) is 26.9 Å². The molecule has 0 saturated carbocycles. The molecule has 0 saturated heterocycles. The lowest BCUT2D eigenvalue weighted by atomic mass is 10.1. The highest BCUT2D eigenvalue weighted by Crippen LogP contribution is 2.32. The number of amides is 1. The number of carbonyl (C=O) groups is 1. The first kappa shape index (κ1) is 16.1. The van der Waals surface area contributed by atoms with Crippen molar-refractivity contribution in [1.29, 1.82) is 0 Å². The number of aliphatic hydroxyl groups is 1. The summed E-state index contributed by atoms with van der Waals surface area (Å²) in [7, 11) is 1.54. The van der Waals surface area contributed by atoms with Crippen LogP contribution in [0, 0.1) is 0 Å². The van der Waals surface area contributed by atoms with Gasteiger partial charge in [0.1, 0.15) is 19.0 Å². The monoisotopic (exact) mass is 329 g/mol. The number of aliphatic hydroxyl groups excluding tert-OH is 1. The maximum absolute atomic E-state index is 12.2. The van der Waals surface area contributed by atoms with Crippen molar-refractivity contribution in [2.45, 2.75) is 6.10 Å². The summed E-state index contributed by atoms with van der Waals surface area (Å²) in [5.41, 5.74) is 1.13. The van der Waals surface area contributed by atoms with Crippen LogP contribution in [0.4, 0.5) is 0 Å². The van der Waals surface area contributed by atoms with Crippen LogP contribution in [0.5, 0.6) is 17.2 Å². The zero-order chi connectivity index (χ0) is 16.9. The Hall–Kier alpha value is -2.73. The average molecular weight is 329 g/mol. The second-order valence-corrected chi connectivity index (χ2v) is 5.36. The molecule has 0 spiro atoms. The highest BCUT2D eigenvalue weighted by molar-refractivity contribution is 5.94. The van der Waals surface area contributed by atoms with Gasteiger partial charge in [0.2, 0.25) is 0 Å². The molecule has 0 fully saturated rings. The number of nitrogens with one attached hydrogen (secondary N) is 1. The standard InChI is InChI=1S/C18H19NO5/c1-22-14-4-2-3-13(9-14)18(21)19-11-15(20)12-5-6-16-17(10-12)24-8-7-23-16/h2-6,9-10,15,20H,7-8,11H2,1H3,(H,19,21). The van der Waals surface area contributed by atoms with E-state index < -0.39 is 6.10 Å². The topological polar surface area (TPSA) is 77.0 Å². The molecule has 0 radical (unpaired) electrons. The van der Waals surface area contributed by atoms with Crippen molar-refractivity contribution in [3.8, 4) is 17.2 Å². The van der Waals surface area contributed by atoms with Crippen molar-refractivity contribution in [3.05, 3.63) is 53.6 Å². The van der Waals surface area contributed by atoms with E-state index in [9.17, 15) is 9.90 Å². The third-order valence-electron chi connectivity index (χ3n) is 3.74. The van der Waals surface area contributed by atoms with E-state index in [1.165, 1.54) is 0 Å². The molecule has 1 atom stereocenters. The average Bonchev–Trinajstić information content (AvgIpc) is 2.65. The van der Waals surface area contributed by atoms with Gasteiger partial charge in [0.25, 0.3) is 5.91 Å². The third-order valence-corrected chi connectivity index (χ3v) is 3.74. The molecule has 6 nitrogen and oxygen atoms in total. The highest BCUT2D eigenvalue weighted by atomic mass is 16.6. The van der Waals surface area contributed by atoms with Crippen molar-refractivity contribution in [1.82, 2.24) is 5.32 Å². The quantitative estimate of drug-likeness (QED) is 0.876. The van der Waals surface area contributed by atoms with Gasteiger partial charge in [0.15, 0.2) is 11.5 Å². The van der Waals surface area contributed by atoms with Crippen LogP contribution in [-0.4, -0.2) is 37.9 Å². The van der Waals surface area contributed by atoms with Crippen LogP contribution in [0.3, 0.4) is 0 Å². The first-order valence-corrected chi connectivity index (χ1v) is 7.67. The summed E-state index contributed by atoms with van der Waals surface area (Å²) in [5, 5.41) is 13.0. The van der Waals surface area contributed by atoms with Gasteiger partial charge < -0.3 is 24.6 Å². The molecule has 24 heavy (non-hydrogen) atoms. The minimum absolute atomic E-state index is 0.0929. The molecular formula is C18H19NO5. The molecule has 0 aromatic heterocycles. The lowest BCUT2D eigenvalue weighted by Crippen LogP contribution is -2.28. The van der Waals surface area contributed by atoms with E-state index in [-0.39, 0.29) is 12.5 Å². The zero-order valence-electron chi connectivity index (χ0n) is 13.3. The largest absolute Gasteiger partial charge is 0.497 e. The summed E-state index contributed by atoms with van der Waals surface area (Å²) in [5.74, 6) is 1.61. The Morgan fingerprint density at radius 3 is 2.79 bits per heavy atom.